The summed E-state index contributed by atoms with van der Waals surface area (Å²) >= 11 is 0. The Hall–Kier alpha value is -3.89. The maximum atomic E-state index is 13.6. The number of nitrogens with zero attached hydrogens (tertiary/aromatic N) is 5. The van der Waals surface area contributed by atoms with Crippen molar-refractivity contribution in [1.82, 2.24) is 19.2 Å². The Labute approximate surface area is 233 Å². The van der Waals surface area contributed by atoms with Crippen molar-refractivity contribution in [2.75, 3.05) is 44.2 Å². The van der Waals surface area contributed by atoms with Crippen LogP contribution in [0.4, 0.5) is 10.1 Å². The Kier molecular flexibility index (Phi) is 7.20. The number of hydrogen-bond donors (Lipinski definition) is 0. The van der Waals surface area contributed by atoms with Gasteiger partial charge in [-0.15, -0.1) is 0 Å². The van der Waals surface area contributed by atoms with Crippen molar-refractivity contribution in [1.29, 1.82) is 0 Å². The van der Waals surface area contributed by atoms with Gasteiger partial charge in [-0.25, -0.2) is 12.8 Å². The highest BCUT2D eigenvalue weighted by Crippen LogP contribution is 2.29. The molecule has 4 heterocycles. The molecule has 40 heavy (non-hydrogen) atoms. The molecule has 2 aliphatic rings. The fraction of sp³-hybridized carbons (Fsp3) is 0.300. The number of aromatic nitrogens is 2. The van der Waals surface area contributed by atoms with Crippen LogP contribution in [0.15, 0.2) is 84.1 Å². The zero-order valence-electron chi connectivity index (χ0n) is 22.0. The molecule has 0 saturated carbocycles. The van der Waals surface area contributed by atoms with Gasteiger partial charge in [0.25, 0.3) is 0 Å². The second kappa shape index (κ2) is 10.9. The molecule has 2 fully saturated rings. The number of fused-ring (bicyclic) bond motifs is 1. The van der Waals surface area contributed by atoms with Crippen molar-refractivity contribution >= 4 is 32.5 Å². The number of carbonyl (C=O) groups excluding carboxylic acids is 1. The van der Waals surface area contributed by atoms with Crippen LogP contribution in [0.3, 0.4) is 0 Å². The van der Waals surface area contributed by atoms with E-state index in [1.165, 1.54) is 16.4 Å². The number of anilines is 1. The lowest BCUT2D eigenvalue weighted by Gasteiger charge is -2.39. The van der Waals surface area contributed by atoms with Gasteiger partial charge in [-0.2, -0.15) is 4.31 Å². The summed E-state index contributed by atoms with van der Waals surface area (Å²) in [6.45, 7) is 3.17. The van der Waals surface area contributed by atoms with E-state index in [1.54, 1.807) is 36.8 Å². The lowest BCUT2D eigenvalue weighted by Crippen LogP contribution is -2.52. The average molecular weight is 560 g/mol. The van der Waals surface area contributed by atoms with E-state index in [4.69, 9.17) is 0 Å². The second-order valence-electron chi connectivity index (χ2n) is 10.2. The minimum absolute atomic E-state index is 0.0973. The first kappa shape index (κ1) is 26.3. The lowest BCUT2D eigenvalue weighted by molar-refractivity contribution is -0.137. The van der Waals surface area contributed by atoms with Crippen LogP contribution in [-0.4, -0.2) is 72.8 Å². The van der Waals surface area contributed by atoms with Crippen LogP contribution in [0, 0.1) is 11.7 Å². The lowest BCUT2D eigenvalue weighted by atomic mass is 9.96. The number of hydrogen-bond acceptors (Lipinski definition) is 6. The predicted octanol–water partition coefficient (Wildman–Crippen LogP) is 4.19. The van der Waals surface area contributed by atoms with Gasteiger partial charge in [0.05, 0.1) is 10.4 Å². The highest BCUT2D eigenvalue weighted by atomic mass is 32.2. The van der Waals surface area contributed by atoms with Gasteiger partial charge in [0.2, 0.25) is 15.9 Å². The minimum Gasteiger partial charge on any atom is -0.367 e. The molecule has 0 bridgehead atoms. The molecule has 4 aromatic rings. The Balaban J connectivity index is 1.05. The smallest absolute Gasteiger partial charge is 0.243 e. The summed E-state index contributed by atoms with van der Waals surface area (Å²) in [6.07, 6.45) is 6.11. The number of halogens is 1. The summed E-state index contributed by atoms with van der Waals surface area (Å²) in [6, 6.07) is 17.2. The number of sulfonamides is 1. The van der Waals surface area contributed by atoms with E-state index in [9.17, 15) is 17.6 Å². The molecule has 0 atom stereocenters. The normalized spacial score (nSPS) is 17.3. The number of piperazine rings is 1. The molecule has 2 aromatic heterocycles. The number of benzene rings is 2. The summed E-state index contributed by atoms with van der Waals surface area (Å²) in [5, 5.41) is 0.893. The SMILES string of the molecule is O=C(C1CCN(S(=O)(=O)c2ccc(-c3ccncc3)cc2)CC1)N1CCN(c2ccnc3cc(F)ccc23)CC1. The van der Waals surface area contributed by atoms with Crippen molar-refractivity contribution in [3.05, 3.63) is 85.1 Å². The van der Waals surface area contributed by atoms with Crippen LogP contribution in [-0.2, 0) is 14.8 Å². The molecule has 2 saturated heterocycles. The van der Waals surface area contributed by atoms with Crippen molar-refractivity contribution in [2.24, 2.45) is 5.92 Å². The van der Waals surface area contributed by atoms with E-state index in [0.717, 1.165) is 22.2 Å². The van der Waals surface area contributed by atoms with Crippen LogP contribution in [0.2, 0.25) is 0 Å². The van der Waals surface area contributed by atoms with Crippen LogP contribution < -0.4 is 4.90 Å². The zero-order valence-corrected chi connectivity index (χ0v) is 22.8. The summed E-state index contributed by atoms with van der Waals surface area (Å²) in [5.74, 6) is -0.401. The first-order valence-corrected chi connectivity index (χ1v) is 14.9. The van der Waals surface area contributed by atoms with Crippen molar-refractivity contribution < 1.29 is 17.6 Å². The van der Waals surface area contributed by atoms with Gasteiger partial charge in [0.15, 0.2) is 0 Å². The molecule has 6 rings (SSSR count). The molecule has 8 nitrogen and oxygen atoms in total. The van der Waals surface area contributed by atoms with Gasteiger partial charge in [0, 0.05) is 80.9 Å². The zero-order chi connectivity index (χ0) is 27.7. The maximum absolute atomic E-state index is 13.6. The number of pyridine rings is 2. The number of rotatable bonds is 5. The van der Waals surface area contributed by atoms with E-state index < -0.39 is 10.0 Å². The first-order valence-electron chi connectivity index (χ1n) is 13.5. The summed E-state index contributed by atoms with van der Waals surface area (Å²) < 4.78 is 41.7. The molecule has 0 spiro atoms. The summed E-state index contributed by atoms with van der Waals surface area (Å²) in [5.41, 5.74) is 3.51. The Morgan fingerprint density at radius 2 is 1.48 bits per heavy atom. The van der Waals surface area contributed by atoms with Gasteiger partial charge in [-0.1, -0.05) is 12.1 Å². The molecule has 1 amide bonds. The number of carbonyl (C=O) groups is 1. The van der Waals surface area contributed by atoms with Crippen molar-refractivity contribution in [3.63, 3.8) is 0 Å². The maximum Gasteiger partial charge on any atom is 0.243 e. The molecule has 2 aliphatic heterocycles. The fourth-order valence-corrected chi connectivity index (χ4v) is 7.13. The molecule has 0 unspecified atom stereocenters. The number of amides is 1. The Morgan fingerprint density at radius 3 is 2.17 bits per heavy atom. The topological polar surface area (TPSA) is 86.7 Å². The molecular weight excluding hydrogens is 529 g/mol. The van der Waals surface area contributed by atoms with Crippen LogP contribution in [0.1, 0.15) is 12.8 Å². The first-order chi connectivity index (χ1) is 19.4. The van der Waals surface area contributed by atoms with E-state index in [2.05, 4.69) is 14.9 Å². The monoisotopic (exact) mass is 559 g/mol. The van der Waals surface area contributed by atoms with Gasteiger partial charge in [0.1, 0.15) is 5.82 Å². The highest BCUT2D eigenvalue weighted by molar-refractivity contribution is 7.89. The van der Waals surface area contributed by atoms with Gasteiger partial charge < -0.3 is 9.80 Å². The molecule has 10 heteroatoms. The van der Waals surface area contributed by atoms with E-state index >= 15 is 0 Å². The third kappa shape index (κ3) is 5.16. The van der Waals surface area contributed by atoms with Gasteiger partial charge in [-0.05, 0) is 66.4 Å². The van der Waals surface area contributed by atoms with Gasteiger partial charge >= 0.3 is 0 Å². The molecule has 2 aromatic carbocycles. The Bertz CT molecular complexity index is 1620. The standard InChI is InChI=1S/C30H30FN5O3S/c31-25-3-6-27-28(21-25)33-14-9-29(27)34-17-19-35(20-18-34)30(37)24-10-15-36(16-11-24)40(38,39)26-4-1-22(2-5-26)23-7-12-32-13-8-23/h1-9,12-14,21,24H,10-11,15-20H2. The van der Waals surface area contributed by atoms with Crippen LogP contribution >= 0.6 is 0 Å². The minimum atomic E-state index is -3.63. The second-order valence-corrected chi connectivity index (χ2v) is 12.2. The van der Waals surface area contributed by atoms with Crippen LogP contribution in [0.25, 0.3) is 22.0 Å². The molecule has 0 aliphatic carbocycles. The van der Waals surface area contributed by atoms with Crippen molar-refractivity contribution in [3.8, 4) is 11.1 Å². The van der Waals surface area contributed by atoms with Crippen molar-refractivity contribution in [2.45, 2.75) is 17.7 Å². The molecule has 0 N–H and O–H groups in total. The third-order valence-electron chi connectivity index (χ3n) is 7.92. The molecular formula is C30H30FN5O3S. The summed E-state index contributed by atoms with van der Waals surface area (Å²) in [7, 11) is -3.63. The fourth-order valence-electron chi connectivity index (χ4n) is 5.66. The summed E-state index contributed by atoms with van der Waals surface area (Å²) in [4.78, 5) is 26.0. The van der Waals surface area contributed by atoms with Crippen LogP contribution in [0.5, 0.6) is 0 Å². The largest absolute Gasteiger partial charge is 0.367 e. The molecule has 206 valence electrons. The molecule has 0 radical (unpaired) electrons. The van der Waals surface area contributed by atoms with Gasteiger partial charge in [-0.3, -0.25) is 14.8 Å². The quantitative estimate of drug-likeness (QED) is 0.365. The highest BCUT2D eigenvalue weighted by Gasteiger charge is 2.34. The predicted molar refractivity (Wildman–Crippen MR) is 152 cm³/mol. The van der Waals surface area contributed by atoms with E-state index in [0.29, 0.717) is 57.6 Å². The van der Waals surface area contributed by atoms with E-state index in [-0.39, 0.29) is 22.5 Å². The number of piperidine rings is 1. The third-order valence-corrected chi connectivity index (χ3v) is 9.84. The van der Waals surface area contributed by atoms with E-state index in [1.807, 2.05) is 35.2 Å². The Morgan fingerprint density at radius 1 is 0.800 bits per heavy atom. The average Bonchev–Trinajstić information content (AvgIpc) is 3.01.